The number of hydrogen-bond donors (Lipinski definition) is 2. The highest BCUT2D eigenvalue weighted by molar-refractivity contribution is 9.10. The monoisotopic (exact) mass is 462 g/mol. The van der Waals surface area contributed by atoms with E-state index in [-0.39, 0.29) is 6.03 Å². The number of nitrogens with one attached hydrogen (secondary N) is 2. The SMILES string of the molecule is O=C(NCCn1c(CCc2ccccc2)nc2ccccc21)Nc1cccc(Br)c1. The van der Waals surface area contributed by atoms with Gasteiger partial charge >= 0.3 is 6.03 Å². The molecule has 0 unspecified atom stereocenters. The van der Waals surface area contributed by atoms with Gasteiger partial charge < -0.3 is 15.2 Å². The number of imidazole rings is 1. The molecule has 0 spiro atoms. The molecule has 2 N–H and O–H groups in total. The van der Waals surface area contributed by atoms with Gasteiger partial charge in [0.1, 0.15) is 5.82 Å². The summed E-state index contributed by atoms with van der Waals surface area (Å²) < 4.78 is 3.13. The number of nitrogens with zero attached hydrogens (tertiary/aromatic N) is 2. The maximum atomic E-state index is 12.2. The highest BCUT2D eigenvalue weighted by Crippen LogP contribution is 2.18. The third-order valence-electron chi connectivity index (χ3n) is 4.92. The molecule has 0 saturated heterocycles. The van der Waals surface area contributed by atoms with Gasteiger partial charge in [0, 0.05) is 29.7 Å². The lowest BCUT2D eigenvalue weighted by atomic mass is 10.1. The zero-order chi connectivity index (χ0) is 20.8. The number of carbonyl (C=O) groups excluding carboxylic acids is 1. The van der Waals surface area contributed by atoms with Crippen molar-refractivity contribution in [2.75, 3.05) is 11.9 Å². The van der Waals surface area contributed by atoms with Crippen molar-refractivity contribution in [3.8, 4) is 0 Å². The molecule has 0 aliphatic heterocycles. The number of para-hydroxylation sites is 2. The molecule has 3 aromatic carbocycles. The van der Waals surface area contributed by atoms with E-state index in [0.29, 0.717) is 13.1 Å². The highest BCUT2D eigenvalue weighted by Gasteiger charge is 2.11. The third kappa shape index (κ3) is 5.07. The maximum Gasteiger partial charge on any atom is 0.319 e. The van der Waals surface area contributed by atoms with Crippen LogP contribution in [0, 0.1) is 0 Å². The molecule has 2 amide bonds. The minimum atomic E-state index is -0.219. The second-order valence-corrected chi connectivity index (χ2v) is 7.96. The lowest BCUT2D eigenvalue weighted by molar-refractivity contribution is 0.251. The van der Waals surface area contributed by atoms with E-state index in [0.717, 1.165) is 39.9 Å². The van der Waals surface area contributed by atoms with E-state index in [1.165, 1.54) is 5.56 Å². The first kappa shape index (κ1) is 20.2. The number of fused-ring (bicyclic) bond motifs is 1. The molecule has 5 nitrogen and oxygen atoms in total. The average molecular weight is 463 g/mol. The van der Waals surface area contributed by atoms with Crippen LogP contribution in [0.4, 0.5) is 10.5 Å². The van der Waals surface area contributed by atoms with Crippen LogP contribution in [0.2, 0.25) is 0 Å². The molecule has 4 aromatic rings. The average Bonchev–Trinajstić information content (AvgIpc) is 3.11. The summed E-state index contributed by atoms with van der Waals surface area (Å²) in [5.74, 6) is 1.04. The van der Waals surface area contributed by atoms with Gasteiger partial charge in [-0.25, -0.2) is 9.78 Å². The van der Waals surface area contributed by atoms with E-state index in [1.54, 1.807) is 0 Å². The Balaban J connectivity index is 1.41. The summed E-state index contributed by atoms with van der Waals surface area (Å²) >= 11 is 3.41. The molecular weight excluding hydrogens is 440 g/mol. The number of aryl methyl sites for hydroxylation is 2. The Morgan fingerprint density at radius 3 is 2.57 bits per heavy atom. The first-order valence-corrected chi connectivity index (χ1v) is 10.8. The van der Waals surface area contributed by atoms with Crippen molar-refractivity contribution in [1.82, 2.24) is 14.9 Å². The van der Waals surface area contributed by atoms with Gasteiger partial charge in [-0.1, -0.05) is 64.5 Å². The second-order valence-electron chi connectivity index (χ2n) is 7.05. The van der Waals surface area contributed by atoms with Gasteiger partial charge in [-0.05, 0) is 42.3 Å². The predicted molar refractivity (Wildman–Crippen MR) is 125 cm³/mol. The van der Waals surface area contributed by atoms with E-state index in [9.17, 15) is 4.79 Å². The van der Waals surface area contributed by atoms with E-state index in [1.807, 2.05) is 48.5 Å². The van der Waals surface area contributed by atoms with Crippen molar-refractivity contribution >= 4 is 38.7 Å². The summed E-state index contributed by atoms with van der Waals surface area (Å²) in [6, 6.07) is 25.9. The number of carbonyl (C=O) groups is 1. The number of rotatable bonds is 7. The Labute approximate surface area is 184 Å². The molecule has 6 heteroatoms. The number of anilines is 1. The van der Waals surface area contributed by atoms with Crippen molar-refractivity contribution < 1.29 is 4.79 Å². The molecule has 30 heavy (non-hydrogen) atoms. The highest BCUT2D eigenvalue weighted by atomic mass is 79.9. The number of urea groups is 1. The Hall–Kier alpha value is -3.12. The minimum Gasteiger partial charge on any atom is -0.336 e. The second kappa shape index (κ2) is 9.59. The van der Waals surface area contributed by atoms with Crippen LogP contribution in [0.25, 0.3) is 11.0 Å². The Morgan fingerprint density at radius 1 is 0.933 bits per heavy atom. The normalized spacial score (nSPS) is 10.8. The van der Waals surface area contributed by atoms with Gasteiger partial charge in [0.15, 0.2) is 0 Å². The van der Waals surface area contributed by atoms with E-state index >= 15 is 0 Å². The van der Waals surface area contributed by atoms with Gasteiger partial charge in [-0.15, -0.1) is 0 Å². The molecule has 0 bridgehead atoms. The summed E-state index contributed by atoms with van der Waals surface area (Å²) in [5, 5.41) is 5.80. The van der Waals surface area contributed by atoms with Crippen LogP contribution in [0.5, 0.6) is 0 Å². The molecule has 0 aliphatic carbocycles. The van der Waals surface area contributed by atoms with E-state index < -0.39 is 0 Å². The van der Waals surface area contributed by atoms with Crippen LogP contribution >= 0.6 is 15.9 Å². The summed E-state index contributed by atoms with van der Waals surface area (Å²) in [6.07, 6.45) is 1.78. The van der Waals surface area contributed by atoms with Crippen molar-refractivity contribution in [3.05, 3.63) is 94.7 Å². The zero-order valence-corrected chi connectivity index (χ0v) is 18.1. The van der Waals surface area contributed by atoms with Gasteiger partial charge in [0.05, 0.1) is 11.0 Å². The van der Waals surface area contributed by atoms with E-state index in [4.69, 9.17) is 4.98 Å². The third-order valence-corrected chi connectivity index (χ3v) is 5.41. The number of aromatic nitrogens is 2. The molecule has 0 atom stereocenters. The van der Waals surface area contributed by atoms with Crippen molar-refractivity contribution in [2.24, 2.45) is 0 Å². The smallest absolute Gasteiger partial charge is 0.319 e. The van der Waals surface area contributed by atoms with Gasteiger partial charge in [-0.3, -0.25) is 0 Å². The number of hydrogen-bond acceptors (Lipinski definition) is 2. The fraction of sp³-hybridized carbons (Fsp3) is 0.167. The predicted octanol–water partition coefficient (Wildman–Crippen LogP) is 5.41. The fourth-order valence-corrected chi connectivity index (χ4v) is 3.89. The molecule has 0 aliphatic rings. The van der Waals surface area contributed by atoms with Crippen LogP contribution < -0.4 is 10.6 Å². The molecular formula is C24H23BrN4O. The number of halogens is 1. The Kier molecular flexibility index (Phi) is 6.44. The van der Waals surface area contributed by atoms with Crippen LogP contribution in [-0.2, 0) is 19.4 Å². The summed E-state index contributed by atoms with van der Waals surface area (Å²) in [7, 11) is 0. The molecule has 0 radical (unpaired) electrons. The van der Waals surface area contributed by atoms with Crippen LogP contribution in [0.1, 0.15) is 11.4 Å². The molecule has 0 saturated carbocycles. The lowest BCUT2D eigenvalue weighted by Crippen LogP contribution is -2.31. The van der Waals surface area contributed by atoms with Crippen LogP contribution in [-0.4, -0.2) is 22.1 Å². The summed E-state index contributed by atoms with van der Waals surface area (Å²) in [6.45, 7) is 1.18. The molecule has 1 heterocycles. The standard InChI is InChI=1S/C24H23BrN4O/c25-19-9-6-10-20(17-19)27-24(30)26-15-16-29-22-12-5-4-11-21(22)28-23(29)14-13-18-7-2-1-3-8-18/h1-12,17H,13-16H2,(H2,26,27,30). The van der Waals surface area contributed by atoms with E-state index in [2.05, 4.69) is 61.5 Å². The number of amides is 2. The molecule has 4 rings (SSSR count). The molecule has 152 valence electrons. The summed E-state index contributed by atoms with van der Waals surface area (Å²) in [4.78, 5) is 17.1. The van der Waals surface area contributed by atoms with Gasteiger partial charge in [0.2, 0.25) is 0 Å². The largest absolute Gasteiger partial charge is 0.336 e. The lowest BCUT2D eigenvalue weighted by Gasteiger charge is -2.11. The van der Waals surface area contributed by atoms with Crippen molar-refractivity contribution in [1.29, 1.82) is 0 Å². The first-order valence-electron chi connectivity index (χ1n) is 9.97. The van der Waals surface area contributed by atoms with Gasteiger partial charge in [0.25, 0.3) is 0 Å². The Morgan fingerprint density at radius 2 is 1.73 bits per heavy atom. The first-order chi connectivity index (χ1) is 14.7. The zero-order valence-electron chi connectivity index (χ0n) is 16.5. The van der Waals surface area contributed by atoms with Gasteiger partial charge in [-0.2, -0.15) is 0 Å². The number of benzene rings is 3. The Bertz CT molecular complexity index is 1140. The quantitative estimate of drug-likeness (QED) is 0.385. The molecule has 1 aromatic heterocycles. The minimum absolute atomic E-state index is 0.219. The van der Waals surface area contributed by atoms with Crippen molar-refractivity contribution in [2.45, 2.75) is 19.4 Å². The van der Waals surface area contributed by atoms with Crippen molar-refractivity contribution in [3.63, 3.8) is 0 Å². The van der Waals surface area contributed by atoms with Crippen LogP contribution in [0.15, 0.2) is 83.3 Å². The van der Waals surface area contributed by atoms with Crippen LogP contribution in [0.3, 0.4) is 0 Å². The topological polar surface area (TPSA) is 59.0 Å². The fourth-order valence-electron chi connectivity index (χ4n) is 3.49. The summed E-state index contributed by atoms with van der Waals surface area (Å²) in [5.41, 5.74) is 4.12. The molecule has 0 fully saturated rings. The maximum absolute atomic E-state index is 12.2.